The summed E-state index contributed by atoms with van der Waals surface area (Å²) >= 11 is 0. The normalized spacial score (nSPS) is 24.4. The summed E-state index contributed by atoms with van der Waals surface area (Å²) in [7, 11) is 0. The Kier molecular flexibility index (Phi) is 4.07. The maximum Gasteiger partial charge on any atom is 0.231 e. The number of benzene rings is 2. The van der Waals surface area contributed by atoms with E-state index in [1.165, 1.54) is 0 Å². The molecular formula is C22H24N2O4. The van der Waals surface area contributed by atoms with Gasteiger partial charge in [-0.15, -0.1) is 0 Å². The van der Waals surface area contributed by atoms with E-state index in [2.05, 4.69) is 6.07 Å². The van der Waals surface area contributed by atoms with Gasteiger partial charge in [0.2, 0.25) is 12.7 Å². The molecule has 3 aliphatic rings. The highest BCUT2D eigenvalue weighted by Crippen LogP contribution is 2.50. The van der Waals surface area contributed by atoms with Crippen LogP contribution in [0.4, 0.5) is 0 Å². The molecule has 3 N–H and O–H groups in total. The maximum absolute atomic E-state index is 12.8. The molecule has 2 atom stereocenters. The average molecular weight is 380 g/mol. The Labute approximate surface area is 163 Å². The number of fused-ring (bicyclic) bond motifs is 3. The molecule has 1 amide bonds. The average Bonchev–Trinajstić information content (AvgIpc) is 3.27. The van der Waals surface area contributed by atoms with E-state index in [1.54, 1.807) is 0 Å². The quantitative estimate of drug-likeness (QED) is 0.831. The van der Waals surface area contributed by atoms with Crippen LogP contribution < -0.4 is 15.2 Å². The van der Waals surface area contributed by atoms with Crippen molar-refractivity contribution in [2.75, 3.05) is 19.9 Å². The summed E-state index contributed by atoms with van der Waals surface area (Å²) in [5.41, 5.74) is 9.05. The van der Waals surface area contributed by atoms with Crippen molar-refractivity contribution >= 4 is 5.91 Å². The number of hydrogen-bond acceptors (Lipinski definition) is 5. The highest BCUT2D eigenvalue weighted by molar-refractivity contribution is 5.79. The molecule has 28 heavy (non-hydrogen) atoms. The van der Waals surface area contributed by atoms with Crippen LogP contribution in [0.2, 0.25) is 0 Å². The second-order valence-electron chi connectivity index (χ2n) is 7.96. The summed E-state index contributed by atoms with van der Waals surface area (Å²) in [5.74, 6) is 1.52. The molecular weight excluding hydrogens is 356 g/mol. The Morgan fingerprint density at radius 2 is 1.89 bits per heavy atom. The fourth-order valence-electron chi connectivity index (χ4n) is 4.97. The van der Waals surface area contributed by atoms with Gasteiger partial charge in [0.15, 0.2) is 11.5 Å². The predicted molar refractivity (Wildman–Crippen MR) is 103 cm³/mol. The van der Waals surface area contributed by atoms with Crippen molar-refractivity contribution in [1.82, 2.24) is 4.90 Å². The lowest BCUT2D eigenvalue weighted by Gasteiger charge is -2.42. The summed E-state index contributed by atoms with van der Waals surface area (Å²) in [6, 6.07) is 13.3. The standard InChI is InChI=1S/C22H24N2O4/c23-20-15-3-1-2-4-16(15)22(21(20)26)7-9-24(10-8-22)19(25)12-14-5-6-17-18(11-14)28-13-27-17/h1-6,11,20-21,26H,7-10,12-13,23H2/t20-,21+/m0/s1. The first-order valence-electron chi connectivity index (χ1n) is 9.78. The Hall–Kier alpha value is -2.57. The predicted octanol–water partition coefficient (Wildman–Crippen LogP) is 1.89. The summed E-state index contributed by atoms with van der Waals surface area (Å²) < 4.78 is 10.7. The van der Waals surface area contributed by atoms with Gasteiger partial charge in [0.25, 0.3) is 0 Å². The largest absolute Gasteiger partial charge is 0.454 e. The third-order valence-electron chi connectivity index (χ3n) is 6.56. The van der Waals surface area contributed by atoms with Crippen LogP contribution in [-0.4, -0.2) is 41.9 Å². The molecule has 2 heterocycles. The van der Waals surface area contributed by atoms with E-state index in [0.717, 1.165) is 35.3 Å². The van der Waals surface area contributed by atoms with E-state index in [4.69, 9.17) is 15.2 Å². The second-order valence-corrected chi connectivity index (χ2v) is 7.96. The van der Waals surface area contributed by atoms with Crippen LogP contribution >= 0.6 is 0 Å². The van der Waals surface area contributed by atoms with E-state index in [-0.39, 0.29) is 24.2 Å². The lowest BCUT2D eigenvalue weighted by molar-refractivity contribution is -0.132. The molecule has 6 nitrogen and oxygen atoms in total. The van der Waals surface area contributed by atoms with Crippen LogP contribution in [0, 0.1) is 0 Å². The topological polar surface area (TPSA) is 85.0 Å². The minimum absolute atomic E-state index is 0.0961. The number of likely N-dealkylation sites (tertiary alicyclic amines) is 1. The lowest BCUT2D eigenvalue weighted by Crippen LogP contribution is -2.50. The van der Waals surface area contributed by atoms with Crippen LogP contribution in [0.1, 0.15) is 35.6 Å². The Balaban J connectivity index is 1.29. The molecule has 5 rings (SSSR count). The van der Waals surface area contributed by atoms with Gasteiger partial charge in [0.05, 0.1) is 18.6 Å². The number of amides is 1. The van der Waals surface area contributed by atoms with Gasteiger partial charge in [-0.2, -0.15) is 0 Å². The molecule has 0 aromatic heterocycles. The van der Waals surface area contributed by atoms with Gasteiger partial charge in [0.1, 0.15) is 0 Å². The third kappa shape index (κ3) is 2.59. The van der Waals surface area contributed by atoms with E-state index >= 15 is 0 Å². The number of aliphatic hydroxyl groups is 1. The molecule has 0 radical (unpaired) electrons. The highest BCUT2D eigenvalue weighted by atomic mass is 16.7. The number of aliphatic hydroxyl groups excluding tert-OH is 1. The maximum atomic E-state index is 12.8. The Bertz CT molecular complexity index is 921. The monoisotopic (exact) mass is 380 g/mol. The zero-order valence-electron chi connectivity index (χ0n) is 15.6. The molecule has 6 heteroatoms. The first kappa shape index (κ1) is 17.5. The molecule has 0 saturated carbocycles. The van der Waals surface area contributed by atoms with E-state index < -0.39 is 6.10 Å². The van der Waals surface area contributed by atoms with Crippen molar-refractivity contribution in [3.05, 3.63) is 59.2 Å². The van der Waals surface area contributed by atoms with Crippen molar-refractivity contribution < 1.29 is 19.4 Å². The van der Waals surface area contributed by atoms with Crippen LogP contribution in [0.15, 0.2) is 42.5 Å². The van der Waals surface area contributed by atoms with Crippen LogP contribution in [-0.2, 0) is 16.6 Å². The lowest BCUT2D eigenvalue weighted by atomic mass is 9.72. The smallest absolute Gasteiger partial charge is 0.231 e. The molecule has 1 spiro atoms. The molecule has 2 aromatic rings. The Morgan fingerprint density at radius 1 is 1.14 bits per heavy atom. The Morgan fingerprint density at radius 3 is 2.71 bits per heavy atom. The highest BCUT2D eigenvalue weighted by Gasteiger charge is 2.51. The zero-order chi connectivity index (χ0) is 19.3. The summed E-state index contributed by atoms with van der Waals surface area (Å²) in [6.45, 7) is 1.48. The van der Waals surface area contributed by atoms with Gasteiger partial charge in [-0.05, 0) is 41.7 Å². The molecule has 1 fully saturated rings. The number of piperidine rings is 1. The van der Waals surface area contributed by atoms with Crippen molar-refractivity contribution in [3.8, 4) is 11.5 Å². The molecule has 2 aromatic carbocycles. The number of ether oxygens (including phenoxy) is 2. The molecule has 0 bridgehead atoms. The van der Waals surface area contributed by atoms with Gasteiger partial charge in [-0.1, -0.05) is 30.3 Å². The van der Waals surface area contributed by atoms with Crippen molar-refractivity contribution in [2.24, 2.45) is 5.73 Å². The summed E-state index contributed by atoms with van der Waals surface area (Å²) in [4.78, 5) is 14.7. The minimum Gasteiger partial charge on any atom is -0.454 e. The van der Waals surface area contributed by atoms with E-state index in [9.17, 15) is 9.90 Å². The van der Waals surface area contributed by atoms with Gasteiger partial charge in [-0.25, -0.2) is 0 Å². The number of nitrogens with two attached hydrogens (primary N) is 1. The molecule has 1 saturated heterocycles. The fourth-order valence-corrected chi connectivity index (χ4v) is 4.97. The molecule has 1 aliphatic carbocycles. The second kappa shape index (κ2) is 6.50. The number of nitrogens with zero attached hydrogens (tertiary/aromatic N) is 1. The minimum atomic E-state index is -0.601. The van der Waals surface area contributed by atoms with E-state index in [1.807, 2.05) is 41.3 Å². The number of carbonyl (C=O) groups excluding carboxylic acids is 1. The molecule has 2 aliphatic heterocycles. The van der Waals surface area contributed by atoms with Gasteiger partial charge in [0, 0.05) is 18.5 Å². The molecule has 146 valence electrons. The van der Waals surface area contributed by atoms with Crippen molar-refractivity contribution in [3.63, 3.8) is 0 Å². The van der Waals surface area contributed by atoms with Gasteiger partial charge >= 0.3 is 0 Å². The first-order valence-corrected chi connectivity index (χ1v) is 9.78. The first-order chi connectivity index (χ1) is 13.6. The van der Waals surface area contributed by atoms with Gasteiger partial charge in [-0.3, -0.25) is 4.79 Å². The van der Waals surface area contributed by atoms with Crippen LogP contribution in [0.3, 0.4) is 0 Å². The third-order valence-corrected chi connectivity index (χ3v) is 6.56. The van der Waals surface area contributed by atoms with E-state index in [0.29, 0.717) is 25.3 Å². The van der Waals surface area contributed by atoms with Crippen LogP contribution in [0.5, 0.6) is 11.5 Å². The SMILES string of the molecule is N[C@H]1c2ccccc2C2(CCN(C(=O)Cc3ccc4c(c3)OCO4)CC2)[C@@H]1O. The van der Waals surface area contributed by atoms with Crippen LogP contribution in [0.25, 0.3) is 0 Å². The van der Waals surface area contributed by atoms with Gasteiger partial charge < -0.3 is 25.2 Å². The summed E-state index contributed by atoms with van der Waals surface area (Å²) in [5, 5.41) is 10.9. The van der Waals surface area contributed by atoms with Crippen molar-refractivity contribution in [2.45, 2.75) is 36.8 Å². The zero-order valence-corrected chi connectivity index (χ0v) is 15.6. The number of rotatable bonds is 2. The van der Waals surface area contributed by atoms with Crippen molar-refractivity contribution in [1.29, 1.82) is 0 Å². The fraction of sp³-hybridized carbons (Fsp3) is 0.409. The number of carbonyl (C=O) groups is 1. The summed E-state index contributed by atoms with van der Waals surface area (Å²) in [6.07, 6.45) is 1.19. The molecule has 0 unspecified atom stereocenters. The number of hydrogen-bond donors (Lipinski definition) is 2.